The average Bonchev–Trinajstić information content (AvgIpc) is 2.90. The molecule has 13 heavy (non-hydrogen) atoms. The van der Waals surface area contributed by atoms with Crippen LogP contribution in [-0.2, 0) is 0 Å². The highest BCUT2D eigenvalue weighted by atomic mass is 32.2. The highest BCUT2D eigenvalue weighted by Gasteiger charge is 2.43. The van der Waals surface area contributed by atoms with Crippen molar-refractivity contribution in [2.24, 2.45) is 0 Å². The molecule has 2 fully saturated rings. The Balaban J connectivity index is 1.85. The molecular weight excluding hydrogens is 180 g/mol. The number of hydrogen-bond donors (Lipinski definition) is 1. The van der Waals surface area contributed by atoms with E-state index in [0.29, 0.717) is 4.75 Å². The van der Waals surface area contributed by atoms with Gasteiger partial charge >= 0.3 is 0 Å². The van der Waals surface area contributed by atoms with Gasteiger partial charge in [-0.05, 0) is 26.0 Å². The summed E-state index contributed by atoms with van der Waals surface area (Å²) in [6.07, 6.45) is 5.13. The van der Waals surface area contributed by atoms with Crippen LogP contribution in [0.15, 0.2) is 0 Å². The van der Waals surface area contributed by atoms with Gasteiger partial charge in [0, 0.05) is 37.0 Å². The quantitative estimate of drug-likeness (QED) is 0.736. The first-order chi connectivity index (χ1) is 6.26. The monoisotopic (exact) mass is 200 g/mol. The molecule has 0 aromatic rings. The fourth-order valence-electron chi connectivity index (χ4n) is 2.05. The molecule has 0 radical (unpaired) electrons. The van der Waals surface area contributed by atoms with Gasteiger partial charge in [-0.1, -0.05) is 0 Å². The fourth-order valence-corrected chi connectivity index (χ4v) is 2.86. The Morgan fingerprint density at radius 2 is 2.31 bits per heavy atom. The van der Waals surface area contributed by atoms with E-state index in [9.17, 15) is 0 Å². The molecule has 0 aromatic heterocycles. The molecule has 1 heterocycles. The third kappa shape index (κ3) is 2.20. The topological polar surface area (TPSA) is 15.3 Å². The lowest BCUT2D eigenvalue weighted by Crippen LogP contribution is -2.51. The smallest absolute Gasteiger partial charge is 0.0285 e. The predicted molar refractivity (Wildman–Crippen MR) is 59.4 cm³/mol. The molecule has 0 aromatic carbocycles. The van der Waals surface area contributed by atoms with Crippen molar-refractivity contribution in [1.82, 2.24) is 10.2 Å². The van der Waals surface area contributed by atoms with E-state index in [0.717, 1.165) is 6.04 Å². The van der Waals surface area contributed by atoms with E-state index >= 15 is 0 Å². The molecule has 1 unspecified atom stereocenters. The van der Waals surface area contributed by atoms with Crippen molar-refractivity contribution in [3.63, 3.8) is 0 Å². The van der Waals surface area contributed by atoms with E-state index in [1.54, 1.807) is 0 Å². The second-order valence-corrected chi connectivity index (χ2v) is 5.69. The summed E-state index contributed by atoms with van der Waals surface area (Å²) in [7, 11) is 0. The van der Waals surface area contributed by atoms with Gasteiger partial charge in [-0.3, -0.25) is 4.90 Å². The van der Waals surface area contributed by atoms with Crippen LogP contribution in [0.25, 0.3) is 0 Å². The average molecular weight is 200 g/mol. The van der Waals surface area contributed by atoms with Crippen molar-refractivity contribution in [2.45, 2.75) is 30.6 Å². The summed E-state index contributed by atoms with van der Waals surface area (Å²) in [5.41, 5.74) is 0. The zero-order valence-corrected chi connectivity index (χ0v) is 9.49. The van der Waals surface area contributed by atoms with E-state index in [1.807, 2.05) is 0 Å². The lowest BCUT2D eigenvalue weighted by atomic mass is 10.2. The van der Waals surface area contributed by atoms with Gasteiger partial charge in [-0.25, -0.2) is 0 Å². The highest BCUT2D eigenvalue weighted by Crippen LogP contribution is 2.47. The first-order valence-electron chi connectivity index (χ1n) is 5.26. The fraction of sp³-hybridized carbons (Fsp3) is 1.00. The molecule has 1 saturated heterocycles. The van der Waals surface area contributed by atoms with Gasteiger partial charge < -0.3 is 5.32 Å². The lowest BCUT2D eigenvalue weighted by molar-refractivity contribution is 0.172. The predicted octanol–water partition coefficient (Wildman–Crippen LogP) is 1.18. The SMILES string of the molecule is CSC1(CN2CCNCC2C)CC1. The first kappa shape index (κ1) is 9.81. The summed E-state index contributed by atoms with van der Waals surface area (Å²) >= 11 is 2.07. The van der Waals surface area contributed by atoms with Gasteiger partial charge in [0.15, 0.2) is 0 Å². The molecule has 1 saturated carbocycles. The van der Waals surface area contributed by atoms with Crippen molar-refractivity contribution in [3.05, 3.63) is 0 Å². The van der Waals surface area contributed by atoms with Gasteiger partial charge in [0.2, 0.25) is 0 Å². The summed E-state index contributed by atoms with van der Waals surface area (Å²) in [4.78, 5) is 2.65. The van der Waals surface area contributed by atoms with Crippen LogP contribution in [0.2, 0.25) is 0 Å². The van der Waals surface area contributed by atoms with Gasteiger partial charge in [-0.2, -0.15) is 11.8 Å². The lowest BCUT2D eigenvalue weighted by Gasteiger charge is -2.36. The maximum Gasteiger partial charge on any atom is 0.0285 e. The normalized spacial score (nSPS) is 33.2. The largest absolute Gasteiger partial charge is 0.314 e. The van der Waals surface area contributed by atoms with Gasteiger partial charge in [0.1, 0.15) is 0 Å². The van der Waals surface area contributed by atoms with Crippen LogP contribution in [0.5, 0.6) is 0 Å². The Morgan fingerprint density at radius 1 is 1.54 bits per heavy atom. The van der Waals surface area contributed by atoms with E-state index in [4.69, 9.17) is 0 Å². The van der Waals surface area contributed by atoms with Crippen LogP contribution in [-0.4, -0.2) is 48.1 Å². The molecule has 2 nitrogen and oxygen atoms in total. The molecule has 1 N–H and O–H groups in total. The number of hydrogen-bond acceptors (Lipinski definition) is 3. The first-order valence-corrected chi connectivity index (χ1v) is 6.48. The van der Waals surface area contributed by atoms with Crippen LogP contribution in [0.3, 0.4) is 0 Å². The Morgan fingerprint density at radius 3 is 2.85 bits per heavy atom. The van der Waals surface area contributed by atoms with Crippen LogP contribution < -0.4 is 5.32 Å². The highest BCUT2D eigenvalue weighted by molar-refractivity contribution is 8.00. The summed E-state index contributed by atoms with van der Waals surface area (Å²) in [5, 5.41) is 3.44. The molecule has 1 aliphatic carbocycles. The van der Waals surface area contributed by atoms with E-state index in [1.165, 1.54) is 39.0 Å². The Labute approximate surface area is 85.4 Å². The second-order valence-electron chi connectivity index (χ2n) is 4.41. The second kappa shape index (κ2) is 3.79. The van der Waals surface area contributed by atoms with E-state index in [-0.39, 0.29) is 0 Å². The van der Waals surface area contributed by atoms with Crippen LogP contribution in [0.4, 0.5) is 0 Å². The van der Waals surface area contributed by atoms with Crippen molar-refractivity contribution < 1.29 is 0 Å². The molecule has 1 atom stereocenters. The Bertz CT molecular complexity index is 180. The number of piperazine rings is 1. The minimum absolute atomic E-state index is 0.644. The molecule has 1 aliphatic heterocycles. The molecule has 3 heteroatoms. The van der Waals surface area contributed by atoms with Crippen LogP contribution in [0.1, 0.15) is 19.8 Å². The third-order valence-corrected chi connectivity index (χ3v) is 4.77. The number of nitrogens with one attached hydrogen (secondary N) is 1. The van der Waals surface area contributed by atoms with Crippen molar-refractivity contribution in [3.8, 4) is 0 Å². The summed E-state index contributed by atoms with van der Waals surface area (Å²) < 4.78 is 0.644. The molecule has 0 bridgehead atoms. The molecule has 76 valence electrons. The van der Waals surface area contributed by atoms with Gasteiger partial charge in [-0.15, -0.1) is 0 Å². The Kier molecular flexibility index (Phi) is 2.86. The van der Waals surface area contributed by atoms with Gasteiger partial charge in [0.25, 0.3) is 0 Å². The van der Waals surface area contributed by atoms with Crippen molar-refractivity contribution in [2.75, 3.05) is 32.4 Å². The van der Waals surface area contributed by atoms with E-state index < -0.39 is 0 Å². The maximum atomic E-state index is 3.44. The molecule has 0 amide bonds. The summed E-state index contributed by atoms with van der Waals surface area (Å²) in [5.74, 6) is 0. The molecule has 2 rings (SSSR count). The summed E-state index contributed by atoms with van der Waals surface area (Å²) in [6, 6.07) is 0.735. The van der Waals surface area contributed by atoms with Crippen molar-refractivity contribution >= 4 is 11.8 Å². The number of thioether (sulfide) groups is 1. The summed E-state index contributed by atoms with van der Waals surface area (Å²) in [6.45, 7) is 7.24. The molecular formula is C10H20N2S. The number of nitrogens with zero attached hydrogens (tertiary/aromatic N) is 1. The zero-order chi connectivity index (χ0) is 9.31. The van der Waals surface area contributed by atoms with Crippen molar-refractivity contribution in [1.29, 1.82) is 0 Å². The minimum atomic E-state index is 0.644. The van der Waals surface area contributed by atoms with Crippen LogP contribution in [0, 0.1) is 0 Å². The van der Waals surface area contributed by atoms with Crippen LogP contribution >= 0.6 is 11.8 Å². The molecule has 2 aliphatic rings. The zero-order valence-electron chi connectivity index (χ0n) is 8.68. The number of rotatable bonds is 3. The maximum absolute atomic E-state index is 3.44. The third-order valence-electron chi connectivity index (χ3n) is 3.37. The standard InChI is InChI=1S/C10H20N2S/c1-9-7-11-5-6-12(9)8-10(13-2)3-4-10/h9,11H,3-8H2,1-2H3. The van der Waals surface area contributed by atoms with E-state index in [2.05, 4.69) is 35.2 Å². The molecule has 0 spiro atoms. The van der Waals surface area contributed by atoms with Gasteiger partial charge in [0.05, 0.1) is 0 Å². The minimum Gasteiger partial charge on any atom is -0.314 e. The Hall–Kier alpha value is 0.270.